The van der Waals surface area contributed by atoms with E-state index >= 15 is 0 Å². The van der Waals surface area contributed by atoms with E-state index in [1.807, 2.05) is 30.0 Å². The van der Waals surface area contributed by atoms with Gasteiger partial charge in [0.25, 0.3) is 5.69 Å². The van der Waals surface area contributed by atoms with E-state index < -0.39 is 4.92 Å². The van der Waals surface area contributed by atoms with Crippen LogP contribution in [0.4, 0.5) is 11.4 Å². The molecule has 0 aliphatic carbocycles. The number of anilines is 1. The molecule has 2 aliphatic heterocycles. The number of carbonyl (C=O) groups excluding carboxylic acids is 1. The monoisotopic (exact) mass is 446 g/mol. The topological polar surface area (TPSA) is 97.2 Å². The molecule has 4 rings (SSSR count). The van der Waals surface area contributed by atoms with E-state index in [0.29, 0.717) is 54.9 Å². The van der Waals surface area contributed by atoms with Gasteiger partial charge < -0.3 is 19.7 Å². The molecule has 10 heteroatoms. The largest absolute Gasteiger partial charge is 0.454 e. The van der Waals surface area contributed by atoms with E-state index in [0.717, 1.165) is 5.56 Å². The minimum Gasteiger partial charge on any atom is -0.454 e. The number of halogens is 1. The van der Waals surface area contributed by atoms with E-state index in [2.05, 4.69) is 10.2 Å². The Morgan fingerprint density at radius 3 is 2.65 bits per heavy atom. The van der Waals surface area contributed by atoms with Gasteiger partial charge in [-0.25, -0.2) is 0 Å². The number of fused-ring (bicyclic) bond motifs is 1. The van der Waals surface area contributed by atoms with Crippen LogP contribution in [-0.4, -0.2) is 54.7 Å². The number of piperazine rings is 1. The molecule has 0 saturated carbocycles. The Morgan fingerprint density at radius 1 is 1.16 bits per heavy atom. The predicted molar refractivity (Wildman–Crippen MR) is 116 cm³/mol. The highest BCUT2D eigenvalue weighted by Crippen LogP contribution is 2.33. The molecule has 2 aliphatic rings. The first kappa shape index (κ1) is 21.2. The summed E-state index contributed by atoms with van der Waals surface area (Å²) in [5.74, 6) is 1.33. The van der Waals surface area contributed by atoms with Crippen molar-refractivity contribution in [3.05, 3.63) is 57.1 Å². The molecule has 1 saturated heterocycles. The highest BCUT2D eigenvalue weighted by Gasteiger charge is 2.28. The van der Waals surface area contributed by atoms with Crippen molar-refractivity contribution >= 4 is 28.9 Å². The van der Waals surface area contributed by atoms with Crippen molar-refractivity contribution < 1.29 is 19.2 Å². The molecule has 2 heterocycles. The van der Waals surface area contributed by atoms with Crippen LogP contribution < -0.4 is 19.7 Å². The van der Waals surface area contributed by atoms with E-state index in [1.165, 1.54) is 6.07 Å². The summed E-state index contributed by atoms with van der Waals surface area (Å²) in [6.45, 7) is 4.90. The molecular weight excluding hydrogens is 424 g/mol. The van der Waals surface area contributed by atoms with Crippen molar-refractivity contribution in [3.8, 4) is 11.5 Å². The quantitative estimate of drug-likeness (QED) is 0.538. The Morgan fingerprint density at radius 2 is 1.90 bits per heavy atom. The molecule has 31 heavy (non-hydrogen) atoms. The van der Waals surface area contributed by atoms with Gasteiger partial charge in [-0.1, -0.05) is 17.7 Å². The van der Waals surface area contributed by atoms with Crippen LogP contribution in [0.2, 0.25) is 5.02 Å². The fraction of sp³-hybridized carbons (Fsp3) is 0.381. The molecule has 1 amide bonds. The van der Waals surface area contributed by atoms with Gasteiger partial charge in [-0.05, 0) is 36.8 Å². The standard InChI is InChI=1S/C21H23ClN4O5/c1-14(21(27)23-12-15-2-5-19-20(10-15)31-13-30-19)24-6-8-25(9-7-24)17-4-3-16(22)11-18(17)26(28)29/h2-5,10-11,14H,6-9,12-13H2,1H3,(H,23,27). The summed E-state index contributed by atoms with van der Waals surface area (Å²) >= 11 is 5.91. The lowest BCUT2D eigenvalue weighted by molar-refractivity contribution is -0.384. The van der Waals surface area contributed by atoms with Crippen LogP contribution in [-0.2, 0) is 11.3 Å². The molecule has 2 aromatic carbocycles. The van der Waals surface area contributed by atoms with Crippen LogP contribution in [0.3, 0.4) is 0 Å². The van der Waals surface area contributed by atoms with Crippen molar-refractivity contribution in [2.75, 3.05) is 37.9 Å². The third-order valence-electron chi connectivity index (χ3n) is 5.62. The predicted octanol–water partition coefficient (Wildman–Crippen LogP) is 2.80. The SMILES string of the molecule is CC(C(=O)NCc1ccc2c(c1)OCO2)N1CCN(c2ccc(Cl)cc2[N+](=O)[O-])CC1. The Hall–Kier alpha value is -3.04. The minimum atomic E-state index is -0.417. The van der Waals surface area contributed by atoms with Crippen molar-refractivity contribution in [2.45, 2.75) is 19.5 Å². The Kier molecular flexibility index (Phi) is 6.15. The van der Waals surface area contributed by atoms with Crippen LogP contribution in [0.5, 0.6) is 11.5 Å². The van der Waals surface area contributed by atoms with E-state index in [1.54, 1.807) is 12.1 Å². The number of rotatable bonds is 6. The zero-order valence-corrected chi connectivity index (χ0v) is 17.8. The highest BCUT2D eigenvalue weighted by atomic mass is 35.5. The molecule has 0 bridgehead atoms. The Balaban J connectivity index is 1.31. The lowest BCUT2D eigenvalue weighted by atomic mass is 10.1. The summed E-state index contributed by atoms with van der Waals surface area (Å²) in [6, 6.07) is 10.00. The average Bonchev–Trinajstić information content (AvgIpc) is 3.25. The van der Waals surface area contributed by atoms with Gasteiger partial charge in [0.1, 0.15) is 5.69 Å². The summed E-state index contributed by atoms with van der Waals surface area (Å²) in [5, 5.41) is 14.7. The van der Waals surface area contributed by atoms with E-state index in [9.17, 15) is 14.9 Å². The van der Waals surface area contributed by atoms with Crippen LogP contribution in [0.1, 0.15) is 12.5 Å². The molecule has 1 atom stereocenters. The summed E-state index contributed by atoms with van der Waals surface area (Å²) in [5.41, 5.74) is 1.48. The van der Waals surface area contributed by atoms with Crippen LogP contribution >= 0.6 is 11.6 Å². The summed E-state index contributed by atoms with van der Waals surface area (Å²) < 4.78 is 10.7. The second-order valence-corrected chi connectivity index (χ2v) is 7.93. The Labute approximate surface area is 184 Å². The zero-order chi connectivity index (χ0) is 22.0. The number of carbonyl (C=O) groups is 1. The van der Waals surface area contributed by atoms with Crippen molar-refractivity contribution in [1.82, 2.24) is 10.2 Å². The number of nitrogens with zero attached hydrogens (tertiary/aromatic N) is 3. The molecule has 0 aromatic heterocycles. The smallest absolute Gasteiger partial charge is 0.294 e. The first-order chi connectivity index (χ1) is 14.9. The molecular formula is C21H23ClN4O5. The average molecular weight is 447 g/mol. The first-order valence-electron chi connectivity index (χ1n) is 10.0. The minimum absolute atomic E-state index is 0.00420. The fourth-order valence-electron chi connectivity index (χ4n) is 3.81. The summed E-state index contributed by atoms with van der Waals surface area (Å²) in [7, 11) is 0. The van der Waals surface area contributed by atoms with Crippen LogP contribution in [0.15, 0.2) is 36.4 Å². The molecule has 2 aromatic rings. The number of amides is 1. The number of hydrogen-bond acceptors (Lipinski definition) is 7. The van der Waals surface area contributed by atoms with Gasteiger partial charge >= 0.3 is 0 Å². The summed E-state index contributed by atoms with van der Waals surface area (Å²) in [6.07, 6.45) is 0. The van der Waals surface area contributed by atoms with Gasteiger partial charge in [0.15, 0.2) is 11.5 Å². The van der Waals surface area contributed by atoms with E-state index in [-0.39, 0.29) is 24.4 Å². The van der Waals surface area contributed by atoms with Gasteiger partial charge in [0, 0.05) is 43.8 Å². The lowest BCUT2D eigenvalue weighted by Crippen LogP contribution is -2.54. The maximum Gasteiger partial charge on any atom is 0.294 e. The van der Waals surface area contributed by atoms with Gasteiger partial charge in [-0.3, -0.25) is 19.8 Å². The number of nitro benzene ring substituents is 1. The number of ether oxygens (including phenoxy) is 2. The van der Waals surface area contributed by atoms with Gasteiger partial charge in [0.05, 0.1) is 11.0 Å². The molecule has 1 N–H and O–H groups in total. The van der Waals surface area contributed by atoms with Crippen LogP contribution in [0, 0.1) is 10.1 Å². The van der Waals surface area contributed by atoms with Crippen LogP contribution in [0.25, 0.3) is 0 Å². The number of hydrogen-bond donors (Lipinski definition) is 1. The van der Waals surface area contributed by atoms with Crippen molar-refractivity contribution in [1.29, 1.82) is 0 Å². The maximum absolute atomic E-state index is 12.7. The normalized spacial score (nSPS) is 16.8. The number of nitrogens with one attached hydrogen (secondary N) is 1. The zero-order valence-electron chi connectivity index (χ0n) is 17.0. The molecule has 9 nitrogen and oxygen atoms in total. The van der Waals surface area contributed by atoms with Crippen molar-refractivity contribution in [3.63, 3.8) is 0 Å². The van der Waals surface area contributed by atoms with Gasteiger partial charge in [0.2, 0.25) is 12.7 Å². The molecule has 0 radical (unpaired) electrons. The molecule has 1 unspecified atom stereocenters. The Bertz CT molecular complexity index is 994. The molecule has 1 fully saturated rings. The first-order valence-corrected chi connectivity index (χ1v) is 10.4. The van der Waals surface area contributed by atoms with Gasteiger partial charge in [-0.15, -0.1) is 0 Å². The summed E-state index contributed by atoms with van der Waals surface area (Å²) in [4.78, 5) is 27.6. The third kappa shape index (κ3) is 4.67. The van der Waals surface area contributed by atoms with Gasteiger partial charge in [-0.2, -0.15) is 0 Å². The second-order valence-electron chi connectivity index (χ2n) is 7.49. The lowest BCUT2D eigenvalue weighted by Gasteiger charge is -2.38. The molecule has 164 valence electrons. The fourth-order valence-corrected chi connectivity index (χ4v) is 3.98. The maximum atomic E-state index is 12.7. The van der Waals surface area contributed by atoms with Crippen molar-refractivity contribution in [2.24, 2.45) is 0 Å². The second kappa shape index (κ2) is 8.99. The number of nitro groups is 1. The third-order valence-corrected chi connectivity index (χ3v) is 5.86. The highest BCUT2D eigenvalue weighted by molar-refractivity contribution is 6.30. The molecule has 0 spiro atoms. The number of benzene rings is 2. The van der Waals surface area contributed by atoms with E-state index in [4.69, 9.17) is 21.1 Å².